The summed E-state index contributed by atoms with van der Waals surface area (Å²) in [6.45, 7) is -12.3. The second-order valence-electron chi connectivity index (χ2n) is 1.37. The standard InChI is InChI=1S/C6H12N2S4/c1-7(2)5(9)11-12-6(10)8(3)4/h1-4H3/i1D3,2D3,3D3,4D3. The fraction of sp³-hybridized carbons (Fsp3) is 0.667. The summed E-state index contributed by atoms with van der Waals surface area (Å²) in [6.07, 6.45) is 0. The van der Waals surface area contributed by atoms with E-state index in [0.717, 1.165) is 0 Å². The number of rotatable bonds is 0. The first kappa shape index (κ1) is 2.98. The molecule has 0 saturated heterocycles. The van der Waals surface area contributed by atoms with Crippen LogP contribution in [0.15, 0.2) is 0 Å². The number of thiocarbonyl (C=S) groups is 2. The summed E-state index contributed by atoms with van der Waals surface area (Å²) in [5.41, 5.74) is 0. The zero-order valence-electron chi connectivity index (χ0n) is 17.5. The zero-order chi connectivity index (χ0) is 19.7. The Kier molecular flexibility index (Phi) is 1.50. The first-order valence-electron chi connectivity index (χ1n) is 8.32. The van der Waals surface area contributed by atoms with E-state index in [-0.39, 0.29) is 9.80 Å². The molecule has 0 aromatic rings. The lowest BCUT2D eigenvalue weighted by molar-refractivity contribution is 0.647. The van der Waals surface area contributed by atoms with Gasteiger partial charge in [-0.3, -0.25) is 0 Å². The van der Waals surface area contributed by atoms with Crippen molar-refractivity contribution in [3.05, 3.63) is 0 Å². The average molecular weight is 253 g/mol. The summed E-state index contributed by atoms with van der Waals surface area (Å²) >= 11 is 9.50. The summed E-state index contributed by atoms with van der Waals surface area (Å²) in [5, 5.41) is 0. The van der Waals surface area contributed by atoms with Crippen molar-refractivity contribution >= 4 is 54.7 Å². The Labute approximate surface area is 109 Å². The van der Waals surface area contributed by atoms with Gasteiger partial charge in [0.1, 0.15) is 8.64 Å². The van der Waals surface area contributed by atoms with Gasteiger partial charge < -0.3 is 9.80 Å². The van der Waals surface area contributed by atoms with Crippen molar-refractivity contribution in [1.29, 1.82) is 0 Å². The van der Waals surface area contributed by atoms with Crippen molar-refractivity contribution in [2.75, 3.05) is 27.9 Å². The molecule has 0 spiro atoms. The summed E-state index contributed by atoms with van der Waals surface area (Å²) in [5.74, 6) is 0. The van der Waals surface area contributed by atoms with E-state index in [0.29, 0.717) is 21.6 Å². The molecule has 0 radical (unpaired) electrons. The average Bonchev–Trinajstić information content (AvgIpc) is 2.17. The van der Waals surface area contributed by atoms with Crippen LogP contribution in [0.4, 0.5) is 0 Å². The summed E-state index contributed by atoms with van der Waals surface area (Å²) < 4.78 is 85.3. The van der Waals surface area contributed by atoms with E-state index >= 15 is 0 Å². The van der Waals surface area contributed by atoms with Crippen molar-refractivity contribution in [1.82, 2.24) is 9.80 Å². The number of hydrogen-bond acceptors (Lipinski definition) is 4. The summed E-state index contributed by atoms with van der Waals surface area (Å²) in [6, 6.07) is 0. The van der Waals surface area contributed by atoms with E-state index < -0.39 is 36.5 Å². The number of nitrogens with zero attached hydrogens (tertiary/aromatic N) is 2. The highest BCUT2D eigenvalue weighted by Gasteiger charge is 2.04. The third-order valence-electron chi connectivity index (χ3n) is 0.549. The van der Waals surface area contributed by atoms with E-state index in [2.05, 4.69) is 0 Å². The van der Waals surface area contributed by atoms with Crippen LogP contribution in [-0.4, -0.2) is 46.3 Å². The minimum Gasteiger partial charge on any atom is -0.363 e. The second kappa shape index (κ2) is 6.01. The van der Waals surface area contributed by atoms with Crippen LogP contribution in [0.25, 0.3) is 0 Å². The molecule has 0 amide bonds. The molecule has 0 aliphatic carbocycles. The van der Waals surface area contributed by atoms with Gasteiger partial charge in [-0.1, -0.05) is 24.4 Å². The Hall–Kier alpha value is 0.480. The van der Waals surface area contributed by atoms with Crippen LogP contribution < -0.4 is 0 Å². The van der Waals surface area contributed by atoms with Crippen molar-refractivity contribution in [2.24, 2.45) is 0 Å². The highest BCUT2D eigenvalue weighted by molar-refractivity contribution is 8.89. The Morgan fingerprint density at radius 2 is 1.33 bits per heavy atom. The topological polar surface area (TPSA) is 6.48 Å². The molecule has 0 aliphatic rings. The molecule has 0 saturated carbocycles. The molecular formula is C6H12N2S4. The highest BCUT2D eigenvalue weighted by atomic mass is 33.1. The number of hydrogen-bond donors (Lipinski definition) is 0. The van der Waals surface area contributed by atoms with Crippen LogP contribution in [0, 0.1) is 0 Å². The van der Waals surface area contributed by atoms with Gasteiger partial charge >= 0.3 is 0 Å². The minimum absolute atomic E-state index is 0.0185. The molecule has 0 bridgehead atoms. The quantitative estimate of drug-likeness (QED) is 0.477. The molecule has 6 heteroatoms. The molecule has 0 heterocycles. The minimum atomic E-state index is -3.06. The largest absolute Gasteiger partial charge is 0.363 e. The molecule has 0 atom stereocenters. The van der Waals surface area contributed by atoms with Crippen molar-refractivity contribution in [2.45, 2.75) is 0 Å². The third kappa shape index (κ3) is 5.18. The predicted molar refractivity (Wildman–Crippen MR) is 67.8 cm³/mol. The highest BCUT2D eigenvalue weighted by Crippen LogP contribution is 2.26. The van der Waals surface area contributed by atoms with E-state index in [9.17, 15) is 0 Å². The lowest BCUT2D eigenvalue weighted by Crippen LogP contribution is -2.18. The zero-order valence-corrected chi connectivity index (χ0v) is 8.79. The van der Waals surface area contributed by atoms with E-state index in [1.165, 1.54) is 0 Å². The molecule has 0 aromatic carbocycles. The Morgan fingerprint density at radius 3 is 1.58 bits per heavy atom. The van der Waals surface area contributed by atoms with Crippen LogP contribution in [0.5, 0.6) is 0 Å². The normalized spacial score (nSPS) is 28.3. The molecule has 0 N–H and O–H groups in total. The first-order chi connectivity index (χ1) is 10.3. The van der Waals surface area contributed by atoms with E-state index in [4.69, 9.17) is 40.9 Å². The maximum Gasteiger partial charge on any atom is 0.146 e. The van der Waals surface area contributed by atoms with Crippen LogP contribution in [0.3, 0.4) is 0 Å². The van der Waals surface area contributed by atoms with Crippen molar-refractivity contribution in [3.63, 3.8) is 0 Å². The molecular weight excluding hydrogens is 228 g/mol. The van der Waals surface area contributed by atoms with Crippen molar-refractivity contribution < 1.29 is 16.4 Å². The van der Waals surface area contributed by atoms with Gasteiger partial charge in [0.05, 0.1) is 0 Å². The maximum absolute atomic E-state index is 7.21. The van der Waals surface area contributed by atoms with Gasteiger partial charge in [0, 0.05) is 44.4 Å². The molecule has 0 unspecified atom stereocenters. The van der Waals surface area contributed by atoms with Crippen LogP contribution >= 0.6 is 46.0 Å². The van der Waals surface area contributed by atoms with Gasteiger partial charge in [-0.25, -0.2) is 0 Å². The van der Waals surface area contributed by atoms with E-state index in [1.54, 1.807) is 0 Å². The Morgan fingerprint density at radius 1 is 1.00 bits per heavy atom. The Bertz CT molecular complexity index is 404. The van der Waals surface area contributed by atoms with Crippen molar-refractivity contribution in [3.8, 4) is 0 Å². The predicted octanol–water partition coefficient (Wildman–Crippen LogP) is 2.06. The second-order valence-corrected chi connectivity index (χ2v) is 4.77. The van der Waals surface area contributed by atoms with Gasteiger partial charge in [-0.15, -0.1) is 0 Å². The van der Waals surface area contributed by atoms with E-state index in [1.807, 2.05) is 0 Å². The van der Waals surface area contributed by atoms with Gasteiger partial charge in [-0.05, 0) is 21.6 Å². The molecule has 0 fully saturated rings. The summed E-state index contributed by atoms with van der Waals surface area (Å²) in [4.78, 5) is 0.0370. The maximum atomic E-state index is 7.21. The molecule has 70 valence electrons. The molecule has 0 aliphatic heterocycles. The van der Waals surface area contributed by atoms with Gasteiger partial charge in [0.25, 0.3) is 0 Å². The van der Waals surface area contributed by atoms with Gasteiger partial charge in [0.2, 0.25) is 0 Å². The first-order valence-corrected chi connectivity index (χ1v) is 5.29. The van der Waals surface area contributed by atoms with Crippen LogP contribution in [0.1, 0.15) is 16.4 Å². The molecule has 2 nitrogen and oxygen atoms in total. The third-order valence-corrected chi connectivity index (χ3v) is 3.98. The smallest absolute Gasteiger partial charge is 0.146 e. The molecule has 0 rings (SSSR count). The fourth-order valence-electron chi connectivity index (χ4n) is 0.146. The van der Waals surface area contributed by atoms with Gasteiger partial charge in [0.15, 0.2) is 0 Å². The summed E-state index contributed by atoms with van der Waals surface area (Å²) in [7, 11) is 0.756. The SMILES string of the molecule is [2H]C([2H])([2H])N(C(=S)SSC(=S)N(C([2H])([2H])[2H])C([2H])([2H])[2H])C([2H])([2H])[2H]. The van der Waals surface area contributed by atoms with Crippen LogP contribution in [-0.2, 0) is 0 Å². The fourth-order valence-corrected chi connectivity index (χ4v) is 1.92. The van der Waals surface area contributed by atoms with Crippen LogP contribution in [0.2, 0.25) is 0 Å². The molecule has 12 heavy (non-hydrogen) atoms. The lowest BCUT2D eigenvalue weighted by Gasteiger charge is -2.15. The van der Waals surface area contributed by atoms with Gasteiger partial charge in [-0.2, -0.15) is 0 Å². The molecule has 0 aromatic heterocycles. The monoisotopic (exact) mass is 252 g/mol. The lowest BCUT2D eigenvalue weighted by atomic mass is 11.0. The Balaban J connectivity index is 5.24.